The lowest BCUT2D eigenvalue weighted by Gasteiger charge is -2.11. The largest absolute Gasteiger partial charge is 0.261 e. The molecule has 0 aliphatic carbocycles. The van der Waals surface area contributed by atoms with Gasteiger partial charge in [-0.1, -0.05) is 280 Å². The fraction of sp³-hybridized carbons (Fsp3) is 0.559. The lowest BCUT2D eigenvalue weighted by Crippen LogP contribution is -2.00. The molecule has 9 aromatic heterocycles. The van der Waals surface area contributed by atoms with Crippen LogP contribution in [-0.4, -0.2) is 44.9 Å². The van der Waals surface area contributed by atoms with Gasteiger partial charge < -0.3 is 0 Å². The van der Waals surface area contributed by atoms with Crippen LogP contribution in [0.2, 0.25) is 0 Å². The van der Waals surface area contributed by atoms with Crippen LogP contribution in [0.4, 0.5) is 4.39 Å². The number of nitrogens with zero attached hydrogens (tertiary/aromatic N) is 9. The summed E-state index contributed by atoms with van der Waals surface area (Å²) in [6, 6.07) is 31.8. The molecule has 0 saturated carbocycles. The van der Waals surface area contributed by atoms with Gasteiger partial charge in [0.2, 0.25) is 0 Å². The Morgan fingerprint density at radius 1 is 0.205 bits per heavy atom. The first-order valence-electron chi connectivity index (χ1n) is 42.5. The van der Waals surface area contributed by atoms with Crippen LogP contribution in [0.25, 0.3) is 0 Å². The molecule has 9 rings (SSSR count). The van der Waals surface area contributed by atoms with Crippen molar-refractivity contribution >= 4 is 0 Å². The highest BCUT2D eigenvalue weighted by molar-refractivity contribution is 5.32. The van der Waals surface area contributed by atoms with Crippen molar-refractivity contribution in [2.24, 2.45) is 0 Å². The van der Waals surface area contributed by atoms with E-state index in [0.29, 0.717) is 106 Å². The Labute approximate surface area is 686 Å². The van der Waals surface area contributed by atoms with Crippen LogP contribution in [0, 0.1) is 26.6 Å². The quantitative estimate of drug-likeness (QED) is 0.0828. The Morgan fingerprint density at radius 2 is 0.491 bits per heavy atom. The molecule has 9 nitrogen and oxygen atoms in total. The highest BCUT2D eigenvalue weighted by Gasteiger charge is 2.14. The first-order valence-corrected chi connectivity index (χ1v) is 42.5. The zero-order valence-corrected chi connectivity index (χ0v) is 78.1. The fourth-order valence-electron chi connectivity index (χ4n) is 11.4. The molecule has 0 N–H and O–H groups in total. The van der Waals surface area contributed by atoms with E-state index >= 15 is 0 Å². The van der Waals surface area contributed by atoms with Crippen LogP contribution in [-0.2, 0) is 0 Å². The second kappa shape index (κ2) is 51.9. The highest BCUT2D eigenvalue weighted by atomic mass is 19.1. The Hall–Kier alpha value is -7.72. The summed E-state index contributed by atoms with van der Waals surface area (Å²) >= 11 is 0. The lowest BCUT2D eigenvalue weighted by atomic mass is 9.98. The van der Waals surface area contributed by atoms with Crippen LogP contribution in [0.1, 0.15) is 474 Å². The van der Waals surface area contributed by atoms with E-state index < -0.39 is 0 Å². The van der Waals surface area contributed by atoms with E-state index in [9.17, 15) is 4.39 Å². The van der Waals surface area contributed by atoms with Crippen molar-refractivity contribution in [3.63, 3.8) is 0 Å². The van der Waals surface area contributed by atoms with Gasteiger partial charge in [0.25, 0.3) is 0 Å². The molecule has 9 aromatic rings. The Bertz CT molecular complexity index is 3480. The number of pyridine rings is 9. The molecule has 0 amide bonds. The molecule has 0 aromatic carbocycles. The van der Waals surface area contributed by atoms with Gasteiger partial charge in [-0.15, -0.1) is 0 Å². The molecule has 112 heavy (non-hydrogen) atoms. The Morgan fingerprint density at radius 3 is 0.741 bits per heavy atom. The summed E-state index contributed by atoms with van der Waals surface area (Å²) in [5.41, 5.74) is 25.8. The van der Waals surface area contributed by atoms with E-state index in [1.807, 2.05) is 71.1 Å². The molecule has 0 saturated heterocycles. The number of hydrogen-bond donors (Lipinski definition) is 0. The standard InChI is InChI=1S/3C12H19N.C11H16FN.5C11H17N/c1-8(2)11-7-13-12(9(3)4)6-10(11)5;2*1-8(2)11-6-10(5)12(9(3)4)13-7-11;1-7(2)9-5-10(12)11(8(3)4)13-6-9;2*1-8(2)10-5-6-12-11(7-10)9(3)4;2*1-8(2)10-5-6-11(9(3)4)12-7-10;1-8(2)10-6-5-7-11(12-10)9(3)4/h3*6-9H,1-5H3;5-8H,1-4H3;5*5-9H,1-4H3. The summed E-state index contributed by atoms with van der Waals surface area (Å²) in [6.45, 7) is 84.3. The highest BCUT2D eigenvalue weighted by Crippen LogP contribution is 2.28. The average molecular weight is 1530 g/mol. The van der Waals surface area contributed by atoms with E-state index in [-0.39, 0.29) is 11.7 Å². The first kappa shape index (κ1) is 102. The number of rotatable bonds is 18. The van der Waals surface area contributed by atoms with Gasteiger partial charge in [-0.3, -0.25) is 44.9 Å². The first-order chi connectivity index (χ1) is 52.1. The van der Waals surface area contributed by atoms with Crippen molar-refractivity contribution in [2.75, 3.05) is 0 Å². The summed E-state index contributed by atoms with van der Waals surface area (Å²) < 4.78 is 13.4. The number of halogens is 1. The number of aryl methyl sites for hydroxylation is 3. The summed E-state index contributed by atoms with van der Waals surface area (Å²) in [6.07, 6.45) is 15.6. The van der Waals surface area contributed by atoms with Gasteiger partial charge >= 0.3 is 0 Å². The molecule has 0 aliphatic rings. The van der Waals surface area contributed by atoms with Crippen molar-refractivity contribution < 1.29 is 4.39 Å². The predicted molar refractivity (Wildman–Crippen MR) is 486 cm³/mol. The Balaban J connectivity index is 0.000000630. The van der Waals surface area contributed by atoms with E-state index in [0.717, 1.165) is 5.56 Å². The molecule has 10 heteroatoms. The Kier molecular flexibility index (Phi) is 47.4. The molecule has 0 spiro atoms. The molecule has 0 radical (unpaired) electrons. The average Bonchev–Trinajstić information content (AvgIpc) is 0.846. The van der Waals surface area contributed by atoms with Crippen LogP contribution in [0.15, 0.2) is 141 Å². The minimum absolute atomic E-state index is 0.154. The fourth-order valence-corrected chi connectivity index (χ4v) is 11.4. The van der Waals surface area contributed by atoms with Crippen molar-refractivity contribution in [3.05, 3.63) is 265 Å². The zero-order chi connectivity index (χ0) is 85.7. The maximum absolute atomic E-state index is 13.4. The summed E-state index contributed by atoms with van der Waals surface area (Å²) in [4.78, 5) is 39.6. The molecule has 0 atom stereocenters. The van der Waals surface area contributed by atoms with Gasteiger partial charge in [0.1, 0.15) is 5.82 Å². The van der Waals surface area contributed by atoms with Gasteiger partial charge in [0.05, 0.1) is 5.69 Å². The summed E-state index contributed by atoms with van der Waals surface area (Å²) in [5.74, 6) is 9.19. The second-order valence-electron chi connectivity index (χ2n) is 35.9. The van der Waals surface area contributed by atoms with E-state index in [1.54, 1.807) is 12.3 Å². The van der Waals surface area contributed by atoms with Crippen molar-refractivity contribution in [3.8, 4) is 0 Å². The van der Waals surface area contributed by atoms with Gasteiger partial charge in [-0.2, -0.15) is 0 Å². The smallest absolute Gasteiger partial charge is 0.145 e. The summed E-state index contributed by atoms with van der Waals surface area (Å²) in [5, 5.41) is 0. The second-order valence-corrected chi connectivity index (χ2v) is 35.9. The SMILES string of the molecule is CC(C)c1ccc(C(C)C)nc1.CC(C)c1ccc(C(C)C)nc1.CC(C)c1cccc(C(C)C)n1.CC(C)c1ccnc(C(C)C)c1.CC(C)c1ccnc(C(C)C)c1.CC(C)c1cnc(C(C)C)c(F)c1.Cc1cc(C(C)C)cnc1C(C)C.Cc1cc(C(C)C)cnc1C(C)C.Cc1cc(C(C)C)ncc1C(C)C. The van der Waals surface area contributed by atoms with Crippen LogP contribution >= 0.6 is 0 Å². The maximum atomic E-state index is 13.4. The van der Waals surface area contributed by atoms with E-state index in [4.69, 9.17) is 0 Å². The molecule has 0 aliphatic heterocycles. The molecule has 0 bridgehead atoms. The van der Waals surface area contributed by atoms with Gasteiger partial charge in [-0.05, 0) is 249 Å². The van der Waals surface area contributed by atoms with Gasteiger partial charge in [-0.25, -0.2) is 4.39 Å². The van der Waals surface area contributed by atoms with E-state index in [2.05, 4.69) is 372 Å². The van der Waals surface area contributed by atoms with Crippen LogP contribution < -0.4 is 0 Å². The topological polar surface area (TPSA) is 116 Å². The monoisotopic (exact) mass is 1530 g/mol. The number of hydrogen-bond acceptors (Lipinski definition) is 9. The third-order valence-electron chi connectivity index (χ3n) is 19.4. The third kappa shape index (κ3) is 37.9. The molecular weight excluding hydrogens is 1370 g/mol. The number of aromatic nitrogens is 9. The third-order valence-corrected chi connectivity index (χ3v) is 19.4. The lowest BCUT2D eigenvalue weighted by molar-refractivity contribution is 0.579. The predicted octanol–water partition coefficient (Wildman–Crippen LogP) is 31.0. The minimum Gasteiger partial charge on any atom is -0.261 e. The van der Waals surface area contributed by atoms with Crippen molar-refractivity contribution in [1.29, 1.82) is 0 Å². The van der Waals surface area contributed by atoms with Gasteiger partial charge in [0, 0.05) is 101 Å². The van der Waals surface area contributed by atoms with Crippen LogP contribution in [0.5, 0.6) is 0 Å². The summed E-state index contributed by atoms with van der Waals surface area (Å²) in [7, 11) is 0. The molecule has 618 valence electrons. The van der Waals surface area contributed by atoms with Gasteiger partial charge in [0.15, 0.2) is 0 Å². The zero-order valence-electron chi connectivity index (χ0n) is 78.1. The van der Waals surface area contributed by atoms with Crippen molar-refractivity contribution in [2.45, 2.75) is 377 Å². The molecule has 0 unspecified atom stereocenters. The van der Waals surface area contributed by atoms with Crippen LogP contribution in [0.3, 0.4) is 0 Å². The minimum atomic E-state index is -0.179. The maximum Gasteiger partial charge on any atom is 0.145 e. The molecule has 9 heterocycles. The van der Waals surface area contributed by atoms with E-state index in [1.165, 1.54) is 107 Å². The van der Waals surface area contributed by atoms with Crippen molar-refractivity contribution in [1.82, 2.24) is 44.9 Å². The normalized spacial score (nSPS) is 11.2. The molecular formula is C102H158FN9. The molecule has 0 fully saturated rings.